The van der Waals surface area contributed by atoms with Crippen molar-refractivity contribution in [1.29, 1.82) is 0 Å². The van der Waals surface area contributed by atoms with Crippen molar-refractivity contribution in [3.63, 3.8) is 0 Å². The average Bonchev–Trinajstić information content (AvgIpc) is 2.92. The summed E-state index contributed by atoms with van der Waals surface area (Å²) in [5.74, 6) is 2.44. The third kappa shape index (κ3) is 1.85. The third-order valence-electron chi connectivity index (χ3n) is 2.85. The zero-order valence-electron chi connectivity index (χ0n) is 9.96. The molecule has 0 saturated carbocycles. The molecule has 2 aliphatic rings. The maximum absolute atomic E-state index is 5.16. The zero-order chi connectivity index (χ0) is 12.5. The smallest absolute Gasteiger partial charge is 0.156 e. The van der Waals surface area contributed by atoms with E-state index in [0.717, 1.165) is 5.65 Å². The number of rotatable bonds is 0. The summed E-state index contributed by atoms with van der Waals surface area (Å²) in [6.07, 6.45) is 8.67. The van der Waals surface area contributed by atoms with E-state index in [-0.39, 0.29) is 0 Å². The van der Waals surface area contributed by atoms with E-state index in [4.69, 9.17) is 6.42 Å². The Bertz CT molecular complexity index is 730. The van der Waals surface area contributed by atoms with E-state index in [1.165, 1.54) is 16.7 Å². The summed E-state index contributed by atoms with van der Waals surface area (Å²) in [6.45, 7) is 2.14. The third-order valence-corrected chi connectivity index (χ3v) is 2.85. The van der Waals surface area contributed by atoms with Gasteiger partial charge in [0, 0.05) is 18.5 Å². The average molecular weight is 233 g/mol. The molecule has 0 atom stereocenters. The minimum absolute atomic E-state index is 0.615. The minimum atomic E-state index is 0.615. The van der Waals surface area contributed by atoms with Gasteiger partial charge in [0.2, 0.25) is 0 Å². The summed E-state index contributed by atoms with van der Waals surface area (Å²) >= 11 is 0. The summed E-state index contributed by atoms with van der Waals surface area (Å²) in [4.78, 5) is 4.05. The monoisotopic (exact) mass is 233 g/mol. The van der Waals surface area contributed by atoms with Crippen molar-refractivity contribution in [1.82, 2.24) is 14.6 Å². The molecule has 0 unspecified atom stereocenters. The van der Waals surface area contributed by atoms with Crippen LogP contribution in [-0.2, 0) is 0 Å². The lowest BCUT2D eigenvalue weighted by atomic mass is 10.3. The van der Waals surface area contributed by atoms with E-state index in [0.29, 0.717) is 5.69 Å². The highest BCUT2D eigenvalue weighted by atomic mass is 15.2. The Labute approximate surface area is 105 Å². The summed E-state index contributed by atoms with van der Waals surface area (Å²) in [6, 6.07) is 10.1. The van der Waals surface area contributed by atoms with Crippen LogP contribution in [0.15, 0.2) is 42.7 Å². The molecule has 0 saturated heterocycles. The van der Waals surface area contributed by atoms with Crippen molar-refractivity contribution in [2.75, 3.05) is 0 Å². The lowest BCUT2D eigenvalue weighted by Crippen LogP contribution is -1.86. The van der Waals surface area contributed by atoms with Gasteiger partial charge in [-0.15, -0.1) is 6.42 Å². The van der Waals surface area contributed by atoms with Crippen LogP contribution in [0.5, 0.6) is 0 Å². The second kappa shape index (κ2) is 4.01. The molecule has 2 aromatic rings. The van der Waals surface area contributed by atoms with Gasteiger partial charge in [-0.3, -0.25) is 0 Å². The Morgan fingerprint density at radius 2 is 2.17 bits per heavy atom. The first-order chi connectivity index (χ1) is 8.78. The van der Waals surface area contributed by atoms with Crippen molar-refractivity contribution >= 4 is 5.65 Å². The van der Waals surface area contributed by atoms with Gasteiger partial charge in [-0.05, 0) is 41.7 Å². The molecule has 2 aliphatic carbocycles. The van der Waals surface area contributed by atoms with E-state index in [9.17, 15) is 0 Å². The molecule has 0 aromatic carbocycles. The maximum atomic E-state index is 5.16. The number of hydrogen-bond donors (Lipinski definition) is 0. The second-order valence-corrected chi connectivity index (χ2v) is 4.13. The number of nitrogens with zero attached hydrogens (tertiary/aromatic N) is 3. The molecule has 86 valence electrons. The predicted octanol–water partition coefficient (Wildman–Crippen LogP) is 2.69. The van der Waals surface area contributed by atoms with Crippen LogP contribution in [0.1, 0.15) is 11.3 Å². The highest BCUT2D eigenvalue weighted by Gasteiger charge is 2.12. The maximum Gasteiger partial charge on any atom is 0.156 e. The lowest BCUT2D eigenvalue weighted by Gasteiger charge is -1.85. The fraction of sp³-hybridized carbons (Fsp3) is 0.0667. The lowest BCUT2D eigenvalue weighted by molar-refractivity contribution is 0.932. The van der Waals surface area contributed by atoms with Gasteiger partial charge in [0.15, 0.2) is 5.65 Å². The molecule has 3 heteroatoms. The fourth-order valence-electron chi connectivity index (χ4n) is 1.80. The van der Waals surface area contributed by atoms with Gasteiger partial charge in [-0.2, -0.15) is 5.10 Å². The van der Waals surface area contributed by atoms with Gasteiger partial charge in [0.25, 0.3) is 0 Å². The van der Waals surface area contributed by atoms with E-state index < -0.39 is 0 Å². The summed E-state index contributed by atoms with van der Waals surface area (Å²) in [5, 5.41) is 4.05. The molecule has 0 aliphatic heterocycles. The normalized spacial score (nSPS) is 10.4. The number of aromatic nitrogens is 3. The first-order valence-corrected chi connectivity index (χ1v) is 5.66. The van der Waals surface area contributed by atoms with Gasteiger partial charge in [0.05, 0.1) is 0 Å². The van der Waals surface area contributed by atoms with Crippen LogP contribution in [0.3, 0.4) is 0 Å². The molecule has 18 heavy (non-hydrogen) atoms. The summed E-state index contributed by atoms with van der Waals surface area (Å²) in [5.41, 5.74) is 5.73. The minimum Gasteiger partial charge on any atom is -0.237 e. The summed E-state index contributed by atoms with van der Waals surface area (Å²) < 4.78 is 1.65. The molecule has 3 nitrogen and oxygen atoms in total. The standard InChI is InChI=1S/C8H5N3.C7H6/c1-2-7-6-8-9-4-3-5-11(8)10-7;1-5-2-3-6-4-7(5)6/h1,3-6H;2-4H,1H3. The van der Waals surface area contributed by atoms with Crippen molar-refractivity contribution in [2.45, 2.75) is 6.92 Å². The molecule has 4 rings (SSSR count). The van der Waals surface area contributed by atoms with Crippen LogP contribution in [0.4, 0.5) is 0 Å². The van der Waals surface area contributed by atoms with Crippen LogP contribution in [0.2, 0.25) is 0 Å². The van der Waals surface area contributed by atoms with Crippen molar-refractivity contribution in [3.8, 4) is 23.5 Å². The largest absolute Gasteiger partial charge is 0.237 e. The van der Waals surface area contributed by atoms with Crippen LogP contribution < -0.4 is 0 Å². The SMILES string of the molecule is C#Cc1cc2ncccn2n1.Cc1ccc2cc1-2. The molecule has 0 N–H and O–H groups in total. The number of aryl methyl sites for hydroxylation is 1. The second-order valence-electron chi connectivity index (χ2n) is 4.13. The number of benzene rings is 1. The molecule has 0 fully saturated rings. The number of fused-ring (bicyclic) bond motifs is 2. The van der Waals surface area contributed by atoms with Crippen molar-refractivity contribution in [3.05, 3.63) is 54.0 Å². The highest BCUT2D eigenvalue weighted by Crippen LogP contribution is 2.37. The topological polar surface area (TPSA) is 30.2 Å². The number of terminal acetylenes is 1. The van der Waals surface area contributed by atoms with Crippen LogP contribution in [-0.4, -0.2) is 14.6 Å². The molecule has 0 bridgehead atoms. The molecular weight excluding hydrogens is 222 g/mol. The van der Waals surface area contributed by atoms with Crippen LogP contribution >= 0.6 is 0 Å². The molecule has 0 spiro atoms. The Morgan fingerprint density at radius 1 is 1.28 bits per heavy atom. The van der Waals surface area contributed by atoms with E-state index >= 15 is 0 Å². The van der Waals surface area contributed by atoms with E-state index in [1.54, 1.807) is 22.8 Å². The van der Waals surface area contributed by atoms with Gasteiger partial charge in [-0.1, -0.05) is 12.1 Å². The first kappa shape index (κ1) is 10.5. The molecule has 2 aromatic heterocycles. The van der Waals surface area contributed by atoms with Gasteiger partial charge in [0.1, 0.15) is 5.69 Å². The fourth-order valence-corrected chi connectivity index (χ4v) is 1.80. The zero-order valence-corrected chi connectivity index (χ0v) is 9.96. The Hall–Kier alpha value is -2.60. The van der Waals surface area contributed by atoms with Crippen LogP contribution in [0, 0.1) is 19.3 Å². The predicted molar refractivity (Wildman–Crippen MR) is 71.1 cm³/mol. The first-order valence-electron chi connectivity index (χ1n) is 5.66. The van der Waals surface area contributed by atoms with E-state index in [2.05, 4.69) is 41.1 Å². The summed E-state index contributed by atoms with van der Waals surface area (Å²) in [7, 11) is 0. The van der Waals surface area contributed by atoms with Crippen molar-refractivity contribution < 1.29 is 0 Å². The molecule has 0 radical (unpaired) electrons. The van der Waals surface area contributed by atoms with E-state index in [1.807, 2.05) is 6.20 Å². The molecule has 0 amide bonds. The Morgan fingerprint density at radius 3 is 2.67 bits per heavy atom. The quantitative estimate of drug-likeness (QED) is 0.437. The highest BCUT2D eigenvalue weighted by molar-refractivity contribution is 5.84. The Balaban J connectivity index is 0.000000122. The van der Waals surface area contributed by atoms with Gasteiger partial charge >= 0.3 is 0 Å². The van der Waals surface area contributed by atoms with Gasteiger partial charge in [-0.25, -0.2) is 9.50 Å². The number of hydrogen-bond acceptors (Lipinski definition) is 2. The van der Waals surface area contributed by atoms with Gasteiger partial charge < -0.3 is 0 Å². The Kier molecular flexibility index (Phi) is 2.35. The van der Waals surface area contributed by atoms with Crippen molar-refractivity contribution in [2.24, 2.45) is 0 Å². The molecular formula is C15H11N3. The molecule has 2 heterocycles. The van der Waals surface area contributed by atoms with Crippen LogP contribution in [0.25, 0.3) is 16.8 Å².